The lowest BCUT2D eigenvalue weighted by atomic mass is 9.73. The van der Waals surface area contributed by atoms with Crippen molar-refractivity contribution in [3.63, 3.8) is 0 Å². The molecule has 3 heterocycles. The molecule has 5 rings (SSSR count). The maximum Gasteiger partial charge on any atom is 0.416 e. The predicted octanol–water partition coefficient (Wildman–Crippen LogP) is 8.86. The topological polar surface area (TPSA) is 26.8 Å². The fourth-order valence-electron chi connectivity index (χ4n) is 7.48. The van der Waals surface area contributed by atoms with Crippen LogP contribution in [0, 0.1) is 0 Å². The van der Waals surface area contributed by atoms with E-state index < -0.39 is 41.2 Å². The van der Waals surface area contributed by atoms with Gasteiger partial charge in [0.15, 0.2) is 0 Å². The number of piperidine rings is 2. The molecule has 3 aliphatic rings. The number of alkyl halides is 6. The van der Waals surface area contributed by atoms with Gasteiger partial charge in [-0.25, -0.2) is 0 Å². The van der Waals surface area contributed by atoms with Crippen molar-refractivity contribution >= 4 is 29.1 Å². The smallest absolute Gasteiger partial charge is 0.342 e. The van der Waals surface area contributed by atoms with E-state index in [1.54, 1.807) is 11.0 Å². The average molecular weight is 693 g/mol. The Kier molecular flexibility index (Phi) is 11.2. The van der Waals surface area contributed by atoms with Gasteiger partial charge >= 0.3 is 12.4 Å². The molecule has 0 aliphatic carbocycles. The molecule has 1 amide bonds. The van der Waals surface area contributed by atoms with Gasteiger partial charge in [-0.1, -0.05) is 42.1 Å². The van der Waals surface area contributed by atoms with Crippen molar-refractivity contribution in [1.29, 1.82) is 0 Å². The van der Waals surface area contributed by atoms with Crippen molar-refractivity contribution in [3.05, 3.63) is 68.7 Å². The van der Waals surface area contributed by atoms with Crippen LogP contribution in [0.2, 0.25) is 10.0 Å². The summed E-state index contributed by atoms with van der Waals surface area (Å²) in [6, 6.07) is 7.49. The van der Waals surface area contributed by atoms with Crippen LogP contribution in [0.1, 0.15) is 80.0 Å². The summed E-state index contributed by atoms with van der Waals surface area (Å²) in [5.74, 6) is -0.499. The van der Waals surface area contributed by atoms with Crippen LogP contribution in [0.25, 0.3) is 0 Å². The van der Waals surface area contributed by atoms with Crippen molar-refractivity contribution in [2.75, 3.05) is 45.8 Å². The van der Waals surface area contributed by atoms with Gasteiger partial charge in [-0.05, 0) is 119 Å². The van der Waals surface area contributed by atoms with Crippen LogP contribution in [0.4, 0.5) is 26.3 Å². The fraction of sp³-hybridized carbons (Fsp3) is 0.618. The third-order valence-electron chi connectivity index (χ3n) is 10.1. The maximum atomic E-state index is 13.7. The number of halogens is 8. The second kappa shape index (κ2) is 14.6. The van der Waals surface area contributed by atoms with E-state index in [2.05, 4.69) is 9.80 Å². The maximum absolute atomic E-state index is 13.7. The summed E-state index contributed by atoms with van der Waals surface area (Å²) in [7, 11) is 0. The molecule has 0 N–H and O–H groups in total. The quantitative estimate of drug-likeness (QED) is 0.272. The molecule has 46 heavy (non-hydrogen) atoms. The molecule has 254 valence electrons. The minimum Gasteiger partial charge on any atom is -0.342 e. The van der Waals surface area contributed by atoms with Crippen LogP contribution in [0.3, 0.4) is 0 Å². The van der Waals surface area contributed by atoms with Crippen LogP contribution in [-0.2, 0) is 29.0 Å². The summed E-state index contributed by atoms with van der Waals surface area (Å²) in [6.07, 6.45) is -1.49. The van der Waals surface area contributed by atoms with Crippen molar-refractivity contribution in [2.24, 2.45) is 0 Å². The number of hydrogen-bond donors (Lipinski definition) is 0. The van der Waals surface area contributed by atoms with E-state index in [0.717, 1.165) is 57.3 Å². The Morgan fingerprint density at radius 2 is 1.41 bits per heavy atom. The van der Waals surface area contributed by atoms with Gasteiger partial charge in [0, 0.05) is 24.5 Å². The van der Waals surface area contributed by atoms with Crippen LogP contribution in [0.5, 0.6) is 0 Å². The third-order valence-corrected chi connectivity index (χ3v) is 10.8. The molecule has 2 aromatic carbocycles. The number of carbonyl (C=O) groups excluding carboxylic acids is 1. The van der Waals surface area contributed by atoms with Crippen molar-refractivity contribution in [1.82, 2.24) is 14.7 Å². The Labute approximate surface area is 277 Å². The van der Waals surface area contributed by atoms with Gasteiger partial charge in [0.1, 0.15) is 0 Å². The molecule has 4 nitrogen and oxygen atoms in total. The summed E-state index contributed by atoms with van der Waals surface area (Å²) in [4.78, 5) is 20.4. The summed E-state index contributed by atoms with van der Waals surface area (Å²) >= 11 is 12.7. The van der Waals surface area contributed by atoms with Crippen LogP contribution < -0.4 is 0 Å². The fourth-order valence-corrected chi connectivity index (χ4v) is 7.78. The second-order valence-electron chi connectivity index (χ2n) is 13.2. The van der Waals surface area contributed by atoms with Gasteiger partial charge < -0.3 is 14.7 Å². The molecule has 3 fully saturated rings. The largest absolute Gasteiger partial charge is 0.416 e. The highest BCUT2D eigenvalue weighted by molar-refractivity contribution is 6.42. The molecule has 12 heteroatoms. The Balaban J connectivity index is 1.35. The standard InChI is InChI=1S/C34H41Cl2F6N3O/c35-29-7-6-25(22-30(29)36)32(11-17-43-15-8-28(9-16-43)44-12-3-1-4-13-44)10-2-5-14-45(23-32)31(46)20-24-18-26(33(37,38)39)21-27(19-24)34(40,41)42/h6-7,18-19,21-22,28H,1-5,8-17,20,23H2/t32-/m1/s1. The summed E-state index contributed by atoms with van der Waals surface area (Å²) in [6.45, 7) is 5.78. The number of carbonyl (C=O) groups is 1. The van der Waals surface area contributed by atoms with Gasteiger partial charge in [0.05, 0.1) is 27.6 Å². The number of likely N-dealkylation sites (tertiary alicyclic amines) is 3. The van der Waals surface area contributed by atoms with E-state index in [9.17, 15) is 31.1 Å². The molecular formula is C34H41Cl2F6N3O. The Morgan fingerprint density at radius 1 is 0.783 bits per heavy atom. The Morgan fingerprint density at radius 3 is 2.02 bits per heavy atom. The van der Waals surface area contributed by atoms with E-state index in [4.69, 9.17) is 23.2 Å². The minimum atomic E-state index is -4.98. The van der Waals surface area contributed by atoms with Gasteiger partial charge in [0.25, 0.3) is 0 Å². The number of benzene rings is 2. The van der Waals surface area contributed by atoms with Gasteiger partial charge in [-0.3, -0.25) is 4.79 Å². The van der Waals surface area contributed by atoms with Gasteiger partial charge in [-0.15, -0.1) is 0 Å². The van der Waals surface area contributed by atoms with Crippen molar-refractivity contribution in [2.45, 2.75) is 88.0 Å². The normalized spacial score (nSPS) is 23.0. The van der Waals surface area contributed by atoms with E-state index in [1.807, 2.05) is 12.1 Å². The number of rotatable bonds is 7. The van der Waals surface area contributed by atoms with E-state index in [0.29, 0.717) is 47.7 Å². The molecule has 0 bridgehead atoms. The third kappa shape index (κ3) is 8.71. The summed E-state index contributed by atoms with van der Waals surface area (Å²) in [5, 5.41) is 0.804. The molecule has 0 aromatic heterocycles. The number of nitrogens with zero attached hydrogens (tertiary/aromatic N) is 3. The molecule has 0 spiro atoms. The van der Waals surface area contributed by atoms with Crippen molar-refractivity contribution < 1.29 is 31.1 Å². The van der Waals surface area contributed by atoms with Crippen LogP contribution in [-0.4, -0.2) is 72.5 Å². The number of amides is 1. The van der Waals surface area contributed by atoms with E-state index in [1.165, 1.54) is 32.4 Å². The molecule has 2 aromatic rings. The lowest BCUT2D eigenvalue weighted by molar-refractivity contribution is -0.143. The molecule has 3 aliphatic heterocycles. The SMILES string of the molecule is O=C(Cc1cc(C(F)(F)F)cc(C(F)(F)F)c1)N1CCCC[C@](CCN2CCC(N3CCCCC3)CC2)(c2ccc(Cl)c(Cl)c2)C1. The molecule has 1 atom stereocenters. The first kappa shape index (κ1) is 35.3. The minimum absolute atomic E-state index is 0.0878. The first-order chi connectivity index (χ1) is 21.7. The van der Waals surface area contributed by atoms with E-state index >= 15 is 0 Å². The zero-order valence-electron chi connectivity index (χ0n) is 25.8. The van der Waals surface area contributed by atoms with Crippen LogP contribution >= 0.6 is 23.2 Å². The van der Waals surface area contributed by atoms with Crippen LogP contribution in [0.15, 0.2) is 36.4 Å². The lowest BCUT2D eigenvalue weighted by Crippen LogP contribution is -2.48. The van der Waals surface area contributed by atoms with E-state index in [-0.39, 0.29) is 11.6 Å². The highest BCUT2D eigenvalue weighted by Gasteiger charge is 2.40. The predicted molar refractivity (Wildman–Crippen MR) is 168 cm³/mol. The van der Waals surface area contributed by atoms with Crippen molar-refractivity contribution in [3.8, 4) is 0 Å². The first-order valence-electron chi connectivity index (χ1n) is 16.2. The summed E-state index contributed by atoms with van der Waals surface area (Å²) < 4.78 is 81.0. The molecule has 0 radical (unpaired) electrons. The van der Waals surface area contributed by atoms with Gasteiger partial charge in [0.2, 0.25) is 5.91 Å². The Bertz CT molecular complexity index is 1320. The monoisotopic (exact) mass is 691 g/mol. The highest BCUT2D eigenvalue weighted by atomic mass is 35.5. The second-order valence-corrected chi connectivity index (χ2v) is 14.0. The summed E-state index contributed by atoms with van der Waals surface area (Å²) in [5.41, 5.74) is -2.73. The number of hydrogen-bond acceptors (Lipinski definition) is 3. The zero-order chi connectivity index (χ0) is 33.1. The molecule has 3 saturated heterocycles. The van der Waals surface area contributed by atoms with Gasteiger partial charge in [-0.2, -0.15) is 26.3 Å². The molecular weight excluding hydrogens is 651 g/mol. The molecule has 0 saturated carbocycles. The Hall–Kier alpha value is -2.01. The average Bonchev–Trinajstić information content (AvgIpc) is 3.25. The first-order valence-corrected chi connectivity index (χ1v) is 17.0. The lowest BCUT2D eigenvalue weighted by Gasteiger charge is -2.42. The zero-order valence-corrected chi connectivity index (χ0v) is 27.3. The highest BCUT2D eigenvalue weighted by Crippen LogP contribution is 2.41. The molecule has 0 unspecified atom stereocenters.